The molecule has 0 unspecified atom stereocenters. The van der Waals surface area contributed by atoms with Crippen molar-refractivity contribution in [2.24, 2.45) is 0 Å². The summed E-state index contributed by atoms with van der Waals surface area (Å²) < 4.78 is 0. The maximum absolute atomic E-state index is 9.05. The lowest BCUT2D eigenvalue weighted by Gasteiger charge is -2.42. The fourth-order valence-corrected chi connectivity index (χ4v) is 4.89. The summed E-state index contributed by atoms with van der Waals surface area (Å²) in [6.07, 6.45) is 5.17. The van der Waals surface area contributed by atoms with Crippen LogP contribution >= 0.6 is 0 Å². The van der Waals surface area contributed by atoms with E-state index in [4.69, 9.17) is 10.1 Å². The van der Waals surface area contributed by atoms with Gasteiger partial charge in [-0.1, -0.05) is 39.8 Å². The normalized spacial score (nSPS) is 20.8. The van der Waals surface area contributed by atoms with Crippen molar-refractivity contribution < 1.29 is 5.11 Å². The van der Waals surface area contributed by atoms with Gasteiger partial charge in [0.2, 0.25) is 0 Å². The number of nitrogens with zero attached hydrogens (tertiary/aromatic N) is 4. The summed E-state index contributed by atoms with van der Waals surface area (Å²) in [6, 6.07) is 8.87. The van der Waals surface area contributed by atoms with E-state index in [1.165, 1.54) is 24.0 Å². The first-order chi connectivity index (χ1) is 14.3. The van der Waals surface area contributed by atoms with Gasteiger partial charge in [-0.2, -0.15) is 0 Å². The number of hydrogen-bond acceptors (Lipinski definition) is 5. The molecule has 1 N–H and O–H groups in total. The van der Waals surface area contributed by atoms with Crippen molar-refractivity contribution in [2.45, 2.75) is 57.8 Å². The van der Waals surface area contributed by atoms with Crippen molar-refractivity contribution in [1.29, 1.82) is 0 Å². The summed E-state index contributed by atoms with van der Waals surface area (Å²) in [5, 5.41) is 9.05. The highest BCUT2D eigenvalue weighted by Gasteiger charge is 2.37. The Hall–Kier alpha value is -1.98. The summed E-state index contributed by atoms with van der Waals surface area (Å²) in [5.41, 5.74) is 4.44. The molecule has 1 aliphatic heterocycles. The van der Waals surface area contributed by atoms with Gasteiger partial charge in [0.15, 0.2) is 5.82 Å². The van der Waals surface area contributed by atoms with Crippen LogP contribution in [-0.2, 0) is 10.8 Å². The Kier molecular flexibility index (Phi) is 5.86. The first-order valence-corrected chi connectivity index (χ1v) is 11.4. The van der Waals surface area contributed by atoms with Gasteiger partial charge in [0.1, 0.15) is 5.82 Å². The van der Waals surface area contributed by atoms with Crippen molar-refractivity contribution in [3.8, 4) is 11.4 Å². The average Bonchev–Trinajstić information content (AvgIpc) is 2.76. The molecule has 0 radical (unpaired) electrons. The molecule has 0 atom stereocenters. The zero-order valence-electron chi connectivity index (χ0n) is 19.0. The molecule has 1 saturated heterocycles. The molecule has 4 rings (SSSR count). The van der Waals surface area contributed by atoms with Gasteiger partial charge in [-0.3, -0.25) is 4.90 Å². The number of fused-ring (bicyclic) bond motifs is 1. The molecule has 2 aliphatic rings. The van der Waals surface area contributed by atoms with Crippen LogP contribution in [0.4, 0.5) is 5.82 Å². The number of rotatable bonds is 5. The van der Waals surface area contributed by atoms with Crippen molar-refractivity contribution in [2.75, 3.05) is 44.2 Å². The van der Waals surface area contributed by atoms with Crippen LogP contribution in [-0.4, -0.2) is 59.3 Å². The standard InChI is InChI=1S/C25H36N4O/c1-24(2)9-10-25(3,4)21-18-19(6-7-20(21)24)23-26-11-8-22(27-23)29-15-13-28(14-16-29)12-5-17-30/h6-8,11,18,30H,5,9-10,12-17H2,1-4H3. The number of aliphatic hydroxyl groups excluding tert-OH is 1. The molecular formula is C25H36N4O. The zero-order chi connectivity index (χ0) is 21.4. The van der Waals surface area contributed by atoms with Crippen LogP contribution in [0.1, 0.15) is 58.1 Å². The quantitative estimate of drug-likeness (QED) is 0.810. The van der Waals surface area contributed by atoms with E-state index in [2.05, 4.69) is 60.7 Å². The predicted octanol–water partition coefficient (Wildman–Crippen LogP) is 4.00. The molecule has 0 amide bonds. The maximum atomic E-state index is 9.05. The first-order valence-electron chi connectivity index (χ1n) is 11.4. The Balaban J connectivity index is 1.57. The molecule has 5 nitrogen and oxygen atoms in total. The Labute approximate surface area is 181 Å². The van der Waals surface area contributed by atoms with E-state index in [0.717, 1.165) is 56.4 Å². The Morgan fingerprint density at radius 1 is 0.933 bits per heavy atom. The van der Waals surface area contributed by atoms with E-state index in [0.29, 0.717) is 0 Å². The fraction of sp³-hybridized carbons (Fsp3) is 0.600. The third-order valence-electron chi connectivity index (χ3n) is 7.08. The van der Waals surface area contributed by atoms with Crippen molar-refractivity contribution in [3.63, 3.8) is 0 Å². The molecule has 0 spiro atoms. The summed E-state index contributed by atoms with van der Waals surface area (Å²) in [7, 11) is 0. The highest BCUT2D eigenvalue weighted by molar-refractivity contribution is 5.61. The molecule has 1 aromatic carbocycles. The Morgan fingerprint density at radius 2 is 1.63 bits per heavy atom. The minimum Gasteiger partial charge on any atom is -0.396 e. The van der Waals surface area contributed by atoms with Crippen LogP contribution in [0.3, 0.4) is 0 Å². The molecule has 2 heterocycles. The topological polar surface area (TPSA) is 52.5 Å². The van der Waals surface area contributed by atoms with E-state index in [-0.39, 0.29) is 17.4 Å². The molecular weight excluding hydrogens is 372 g/mol. The highest BCUT2D eigenvalue weighted by atomic mass is 16.3. The number of piperazine rings is 1. The van der Waals surface area contributed by atoms with Crippen LogP contribution < -0.4 is 4.90 Å². The fourth-order valence-electron chi connectivity index (χ4n) is 4.89. The Bertz CT molecular complexity index is 884. The van der Waals surface area contributed by atoms with Gasteiger partial charge in [0.05, 0.1) is 0 Å². The first kappa shape index (κ1) is 21.3. The minimum atomic E-state index is 0.184. The van der Waals surface area contributed by atoms with Gasteiger partial charge in [-0.05, 0) is 53.4 Å². The van der Waals surface area contributed by atoms with Gasteiger partial charge in [-0.25, -0.2) is 9.97 Å². The molecule has 0 saturated carbocycles. The molecule has 1 fully saturated rings. The molecule has 0 bridgehead atoms. The smallest absolute Gasteiger partial charge is 0.161 e. The lowest BCUT2D eigenvalue weighted by Crippen LogP contribution is -2.47. The largest absolute Gasteiger partial charge is 0.396 e. The minimum absolute atomic E-state index is 0.184. The number of hydrogen-bond donors (Lipinski definition) is 1. The van der Waals surface area contributed by atoms with E-state index in [9.17, 15) is 0 Å². The predicted molar refractivity (Wildman–Crippen MR) is 123 cm³/mol. The van der Waals surface area contributed by atoms with Crippen LogP contribution in [0.2, 0.25) is 0 Å². The monoisotopic (exact) mass is 408 g/mol. The SMILES string of the molecule is CC1(C)CCC(C)(C)c2cc(-c3nccc(N4CCN(CCCO)CC4)n3)ccc21. The van der Waals surface area contributed by atoms with E-state index in [1.54, 1.807) is 0 Å². The molecule has 5 heteroatoms. The van der Waals surface area contributed by atoms with Gasteiger partial charge in [0.25, 0.3) is 0 Å². The van der Waals surface area contributed by atoms with Gasteiger partial charge in [0, 0.05) is 51.1 Å². The molecule has 30 heavy (non-hydrogen) atoms. The van der Waals surface area contributed by atoms with E-state index in [1.807, 2.05) is 12.3 Å². The highest BCUT2D eigenvalue weighted by Crippen LogP contribution is 2.46. The Morgan fingerprint density at radius 3 is 2.33 bits per heavy atom. The lowest BCUT2D eigenvalue weighted by atomic mass is 9.63. The van der Waals surface area contributed by atoms with Gasteiger partial charge < -0.3 is 10.0 Å². The molecule has 1 aliphatic carbocycles. The van der Waals surface area contributed by atoms with Crippen molar-refractivity contribution in [1.82, 2.24) is 14.9 Å². The second kappa shape index (κ2) is 8.27. The molecule has 162 valence electrons. The van der Waals surface area contributed by atoms with Gasteiger partial charge >= 0.3 is 0 Å². The third-order valence-corrected chi connectivity index (χ3v) is 7.08. The lowest BCUT2D eigenvalue weighted by molar-refractivity contribution is 0.215. The summed E-state index contributed by atoms with van der Waals surface area (Å²) >= 11 is 0. The second-order valence-electron chi connectivity index (χ2n) is 10.2. The van der Waals surface area contributed by atoms with Crippen molar-refractivity contribution in [3.05, 3.63) is 41.6 Å². The van der Waals surface area contributed by atoms with E-state index < -0.39 is 0 Å². The summed E-state index contributed by atoms with van der Waals surface area (Å²) in [5.74, 6) is 1.83. The van der Waals surface area contributed by atoms with Crippen molar-refractivity contribution >= 4 is 5.82 Å². The third kappa shape index (κ3) is 4.23. The van der Waals surface area contributed by atoms with Crippen LogP contribution in [0.5, 0.6) is 0 Å². The zero-order valence-corrected chi connectivity index (χ0v) is 19.0. The van der Waals surface area contributed by atoms with Crippen LogP contribution in [0.25, 0.3) is 11.4 Å². The van der Waals surface area contributed by atoms with Gasteiger partial charge in [-0.15, -0.1) is 0 Å². The number of aliphatic hydroxyl groups is 1. The number of aromatic nitrogens is 2. The molecule has 2 aromatic rings. The number of benzene rings is 1. The average molecular weight is 409 g/mol. The molecule has 1 aromatic heterocycles. The number of anilines is 1. The summed E-state index contributed by atoms with van der Waals surface area (Å²) in [4.78, 5) is 14.3. The summed E-state index contributed by atoms with van der Waals surface area (Å²) in [6.45, 7) is 14.6. The van der Waals surface area contributed by atoms with E-state index >= 15 is 0 Å². The second-order valence-corrected chi connectivity index (χ2v) is 10.2. The van der Waals surface area contributed by atoms with Crippen LogP contribution in [0.15, 0.2) is 30.5 Å². The maximum Gasteiger partial charge on any atom is 0.161 e. The van der Waals surface area contributed by atoms with Crippen LogP contribution in [0, 0.1) is 0 Å².